The van der Waals surface area contributed by atoms with Gasteiger partial charge in [0.1, 0.15) is 5.82 Å². The molecule has 0 saturated carbocycles. The van der Waals surface area contributed by atoms with Gasteiger partial charge in [0.15, 0.2) is 11.5 Å². The van der Waals surface area contributed by atoms with Gasteiger partial charge in [-0.15, -0.1) is 0 Å². The largest absolute Gasteiger partial charge is 0.504 e. The van der Waals surface area contributed by atoms with Crippen molar-refractivity contribution in [1.82, 2.24) is 4.90 Å². The molecular formula is C18H12BrClFNO4S. The smallest absolute Gasteiger partial charge is 0.293 e. The molecule has 2 aromatic rings. The molecule has 1 fully saturated rings. The fourth-order valence-electron chi connectivity index (χ4n) is 2.45. The van der Waals surface area contributed by atoms with Crippen molar-refractivity contribution in [3.05, 3.63) is 61.7 Å². The number of aromatic hydroxyl groups is 1. The van der Waals surface area contributed by atoms with E-state index >= 15 is 0 Å². The van der Waals surface area contributed by atoms with Gasteiger partial charge < -0.3 is 9.84 Å². The first-order chi connectivity index (χ1) is 12.8. The van der Waals surface area contributed by atoms with E-state index < -0.39 is 17.0 Å². The lowest BCUT2D eigenvalue weighted by molar-refractivity contribution is -0.123. The molecule has 0 radical (unpaired) electrons. The van der Waals surface area contributed by atoms with Crippen molar-refractivity contribution in [2.75, 3.05) is 7.11 Å². The summed E-state index contributed by atoms with van der Waals surface area (Å²) in [4.78, 5) is 26.0. The molecule has 0 aromatic heterocycles. The summed E-state index contributed by atoms with van der Waals surface area (Å²) in [5.74, 6) is -0.981. The van der Waals surface area contributed by atoms with E-state index in [1.807, 2.05) is 0 Å². The van der Waals surface area contributed by atoms with E-state index in [0.717, 1.165) is 16.7 Å². The van der Waals surface area contributed by atoms with Crippen molar-refractivity contribution in [1.29, 1.82) is 0 Å². The molecule has 2 aromatic carbocycles. The number of hydrogen-bond acceptors (Lipinski definition) is 5. The van der Waals surface area contributed by atoms with E-state index in [4.69, 9.17) is 16.3 Å². The van der Waals surface area contributed by atoms with Gasteiger partial charge in [-0.2, -0.15) is 0 Å². The Balaban J connectivity index is 1.91. The van der Waals surface area contributed by atoms with Gasteiger partial charge in [-0.3, -0.25) is 14.5 Å². The van der Waals surface area contributed by atoms with Crippen LogP contribution >= 0.6 is 39.3 Å². The number of carbonyl (C=O) groups excluding carboxylic acids is 2. The van der Waals surface area contributed by atoms with Crippen molar-refractivity contribution >= 4 is 56.5 Å². The Bertz CT molecular complexity index is 962. The summed E-state index contributed by atoms with van der Waals surface area (Å²) in [7, 11) is 1.40. The normalized spacial score (nSPS) is 15.7. The molecule has 1 aliphatic rings. The van der Waals surface area contributed by atoms with E-state index in [2.05, 4.69) is 15.9 Å². The van der Waals surface area contributed by atoms with Crippen LogP contribution in [0.25, 0.3) is 6.08 Å². The lowest BCUT2D eigenvalue weighted by Gasteiger charge is -2.14. The van der Waals surface area contributed by atoms with Crippen LogP contribution in [0.5, 0.6) is 11.5 Å². The van der Waals surface area contributed by atoms with E-state index in [1.54, 1.807) is 0 Å². The number of amides is 2. The predicted octanol–water partition coefficient (Wildman–Crippen LogP) is 5.19. The summed E-state index contributed by atoms with van der Waals surface area (Å²) < 4.78 is 19.5. The third kappa shape index (κ3) is 3.97. The molecule has 140 valence electrons. The minimum atomic E-state index is -0.587. The highest BCUT2D eigenvalue weighted by atomic mass is 79.9. The van der Waals surface area contributed by atoms with Crippen LogP contribution < -0.4 is 4.74 Å². The highest BCUT2D eigenvalue weighted by Crippen LogP contribution is 2.38. The van der Waals surface area contributed by atoms with Crippen LogP contribution in [-0.4, -0.2) is 28.3 Å². The van der Waals surface area contributed by atoms with Crippen LogP contribution in [0.4, 0.5) is 9.18 Å². The number of imide groups is 1. The summed E-state index contributed by atoms with van der Waals surface area (Å²) in [5, 5.41) is 9.39. The number of nitrogens with zero attached hydrogens (tertiary/aromatic N) is 1. The van der Waals surface area contributed by atoms with Gasteiger partial charge in [0, 0.05) is 15.1 Å². The van der Waals surface area contributed by atoms with Crippen molar-refractivity contribution < 1.29 is 23.8 Å². The molecule has 0 bridgehead atoms. The lowest BCUT2D eigenvalue weighted by atomic mass is 10.1. The minimum absolute atomic E-state index is 0.0659. The maximum Gasteiger partial charge on any atom is 0.293 e. The number of benzene rings is 2. The zero-order chi connectivity index (χ0) is 19.7. The van der Waals surface area contributed by atoms with Crippen LogP contribution in [0.3, 0.4) is 0 Å². The molecule has 3 rings (SSSR count). The van der Waals surface area contributed by atoms with Gasteiger partial charge in [-0.1, -0.05) is 33.6 Å². The number of thioether (sulfide) groups is 1. The van der Waals surface area contributed by atoms with Crippen molar-refractivity contribution in [3.63, 3.8) is 0 Å². The molecule has 2 amide bonds. The second kappa shape index (κ2) is 7.92. The van der Waals surface area contributed by atoms with Crippen LogP contribution in [0.15, 0.2) is 39.7 Å². The summed E-state index contributed by atoms with van der Waals surface area (Å²) in [5.41, 5.74) is 0.620. The molecule has 0 unspecified atom stereocenters. The van der Waals surface area contributed by atoms with E-state index in [0.29, 0.717) is 10.0 Å². The Labute approximate surface area is 171 Å². The van der Waals surface area contributed by atoms with Gasteiger partial charge in [0.25, 0.3) is 11.1 Å². The topological polar surface area (TPSA) is 66.8 Å². The summed E-state index contributed by atoms with van der Waals surface area (Å²) in [6, 6.07) is 7.12. The van der Waals surface area contributed by atoms with Crippen LogP contribution in [-0.2, 0) is 11.3 Å². The molecule has 27 heavy (non-hydrogen) atoms. The molecule has 1 aliphatic heterocycles. The molecule has 1 saturated heterocycles. The molecule has 1 N–H and O–H groups in total. The monoisotopic (exact) mass is 471 g/mol. The van der Waals surface area contributed by atoms with E-state index in [-0.39, 0.29) is 33.5 Å². The third-order valence-corrected chi connectivity index (χ3v) is 5.78. The number of hydrogen-bond donors (Lipinski definition) is 1. The summed E-state index contributed by atoms with van der Waals surface area (Å²) in [6.07, 6.45) is 1.50. The second-order valence-electron chi connectivity index (χ2n) is 5.51. The zero-order valence-electron chi connectivity index (χ0n) is 13.8. The maximum atomic E-state index is 14.0. The Morgan fingerprint density at radius 3 is 2.78 bits per heavy atom. The Kier molecular flexibility index (Phi) is 5.78. The Morgan fingerprint density at radius 2 is 2.11 bits per heavy atom. The molecule has 5 nitrogen and oxygen atoms in total. The highest BCUT2D eigenvalue weighted by molar-refractivity contribution is 9.10. The number of phenolic OH excluding ortho intramolecular Hbond substituents is 1. The molecule has 0 spiro atoms. The van der Waals surface area contributed by atoms with E-state index in [1.165, 1.54) is 43.5 Å². The van der Waals surface area contributed by atoms with Crippen molar-refractivity contribution in [2.24, 2.45) is 0 Å². The average Bonchev–Trinajstić information content (AvgIpc) is 2.87. The molecule has 0 aliphatic carbocycles. The first-order valence-electron chi connectivity index (χ1n) is 7.56. The van der Waals surface area contributed by atoms with Crippen LogP contribution in [0.2, 0.25) is 5.02 Å². The zero-order valence-corrected chi connectivity index (χ0v) is 17.0. The SMILES string of the molecule is COc1cc(C=C2SC(=O)N(Cc3c(F)cccc3Cl)C2=O)c(Br)cc1O. The van der Waals surface area contributed by atoms with Gasteiger partial charge in [0.2, 0.25) is 0 Å². The number of rotatable bonds is 4. The van der Waals surface area contributed by atoms with Crippen molar-refractivity contribution in [2.45, 2.75) is 6.54 Å². The standard InChI is InChI=1S/C18H12BrClFNO4S/c1-26-15-5-9(11(19)7-14(15)23)6-16-17(24)22(18(25)27-16)8-10-12(20)3-2-4-13(10)21/h2-7,23H,8H2,1H3. The van der Waals surface area contributed by atoms with Crippen LogP contribution in [0, 0.1) is 5.82 Å². The lowest BCUT2D eigenvalue weighted by Crippen LogP contribution is -2.28. The number of carbonyl (C=O) groups is 2. The Morgan fingerprint density at radius 1 is 1.37 bits per heavy atom. The molecule has 0 atom stereocenters. The number of ether oxygens (including phenoxy) is 1. The minimum Gasteiger partial charge on any atom is -0.504 e. The first-order valence-corrected chi connectivity index (χ1v) is 9.55. The predicted molar refractivity (Wildman–Crippen MR) is 105 cm³/mol. The fraction of sp³-hybridized carbons (Fsp3) is 0.111. The summed E-state index contributed by atoms with van der Waals surface area (Å²) >= 11 is 10.0. The van der Waals surface area contributed by atoms with Crippen molar-refractivity contribution in [3.8, 4) is 11.5 Å². The fourth-order valence-corrected chi connectivity index (χ4v) is 3.95. The number of halogens is 3. The molecule has 1 heterocycles. The average molecular weight is 473 g/mol. The Hall–Kier alpha value is -2.03. The maximum absolute atomic E-state index is 14.0. The van der Waals surface area contributed by atoms with Gasteiger partial charge in [0.05, 0.1) is 18.6 Å². The second-order valence-corrected chi connectivity index (χ2v) is 7.77. The number of phenols is 1. The van der Waals surface area contributed by atoms with Crippen LogP contribution in [0.1, 0.15) is 11.1 Å². The summed E-state index contributed by atoms with van der Waals surface area (Å²) in [6.45, 7) is -0.256. The van der Waals surface area contributed by atoms with Gasteiger partial charge in [-0.05, 0) is 47.7 Å². The van der Waals surface area contributed by atoms with Gasteiger partial charge >= 0.3 is 0 Å². The highest BCUT2D eigenvalue weighted by Gasteiger charge is 2.36. The number of methoxy groups -OCH3 is 1. The van der Waals surface area contributed by atoms with Gasteiger partial charge in [-0.25, -0.2) is 4.39 Å². The molecule has 9 heteroatoms. The molecular weight excluding hydrogens is 461 g/mol. The first kappa shape index (κ1) is 19.7. The van der Waals surface area contributed by atoms with E-state index in [9.17, 15) is 19.1 Å². The third-order valence-electron chi connectivity index (χ3n) is 3.84. The quantitative estimate of drug-likeness (QED) is 0.620.